The summed E-state index contributed by atoms with van der Waals surface area (Å²) >= 11 is 0. The van der Waals surface area contributed by atoms with Crippen LogP contribution in [0, 0.1) is 0 Å². The zero-order chi connectivity index (χ0) is 19.3. The summed E-state index contributed by atoms with van der Waals surface area (Å²) in [5.41, 5.74) is 1.52. The Bertz CT molecular complexity index is 887. The van der Waals surface area contributed by atoms with Gasteiger partial charge >= 0.3 is 0 Å². The summed E-state index contributed by atoms with van der Waals surface area (Å²) in [6.45, 7) is 0.559. The average Bonchev–Trinajstić information content (AvgIpc) is 3.05. The molecule has 0 spiro atoms. The third kappa shape index (κ3) is 5.26. The number of benzene rings is 1. The molecule has 1 aliphatic heterocycles. The van der Waals surface area contributed by atoms with E-state index in [-0.39, 0.29) is 29.1 Å². The van der Waals surface area contributed by atoms with Crippen molar-refractivity contribution >= 4 is 21.6 Å². The zero-order valence-corrected chi connectivity index (χ0v) is 16.2. The van der Waals surface area contributed by atoms with E-state index < -0.39 is 9.84 Å². The third-order valence-corrected chi connectivity index (χ3v) is 6.52. The highest BCUT2D eigenvalue weighted by Crippen LogP contribution is 2.21. The summed E-state index contributed by atoms with van der Waals surface area (Å²) < 4.78 is 23.4. The molecule has 1 atom stereocenters. The Labute approximate surface area is 159 Å². The minimum absolute atomic E-state index is 0.119. The molecule has 3 rings (SSSR count). The molecule has 2 heterocycles. The fourth-order valence-electron chi connectivity index (χ4n) is 3.16. The Morgan fingerprint density at radius 3 is 2.74 bits per heavy atom. The Kier molecular flexibility index (Phi) is 6.05. The predicted molar refractivity (Wildman–Crippen MR) is 105 cm³/mol. The molecule has 1 saturated heterocycles. The smallest absolute Gasteiger partial charge is 0.270 e. The van der Waals surface area contributed by atoms with Crippen molar-refractivity contribution in [2.45, 2.75) is 25.3 Å². The van der Waals surface area contributed by atoms with Crippen LogP contribution in [-0.2, 0) is 16.3 Å². The number of nitrogens with one attached hydrogen (secondary N) is 1. The molecular formula is C19H24N4O3S. The predicted octanol–water partition coefficient (Wildman–Crippen LogP) is 1.46. The minimum atomic E-state index is -2.98. The van der Waals surface area contributed by atoms with Crippen LogP contribution in [0.3, 0.4) is 0 Å². The van der Waals surface area contributed by atoms with Crippen molar-refractivity contribution in [1.29, 1.82) is 0 Å². The van der Waals surface area contributed by atoms with E-state index in [2.05, 4.69) is 27.4 Å². The number of aromatic nitrogens is 2. The Morgan fingerprint density at radius 2 is 2.04 bits per heavy atom. The molecule has 0 bridgehead atoms. The third-order valence-electron chi connectivity index (χ3n) is 4.77. The second-order valence-corrected chi connectivity index (χ2v) is 9.00. The summed E-state index contributed by atoms with van der Waals surface area (Å²) in [5, 5.41) is 2.87. The van der Waals surface area contributed by atoms with Crippen molar-refractivity contribution in [2.75, 3.05) is 30.0 Å². The largest absolute Gasteiger partial charge is 0.356 e. The lowest BCUT2D eigenvalue weighted by molar-refractivity contribution is 0.0948. The monoisotopic (exact) mass is 388 g/mol. The van der Waals surface area contributed by atoms with Crippen LogP contribution in [0.15, 0.2) is 42.7 Å². The normalized spacial score (nSPS) is 18.2. The first-order valence-corrected chi connectivity index (χ1v) is 10.8. The fraction of sp³-hybridized carbons (Fsp3) is 0.421. The summed E-state index contributed by atoms with van der Waals surface area (Å²) in [6, 6.07) is 11.6. The van der Waals surface area contributed by atoms with Crippen LogP contribution in [-0.4, -0.2) is 55.4 Å². The number of hydrogen-bond acceptors (Lipinski definition) is 6. The molecule has 1 fully saturated rings. The maximum Gasteiger partial charge on any atom is 0.270 e. The molecule has 8 heteroatoms. The van der Waals surface area contributed by atoms with Crippen LogP contribution in [0.25, 0.3) is 0 Å². The van der Waals surface area contributed by atoms with Crippen molar-refractivity contribution < 1.29 is 13.2 Å². The standard InChI is InChI=1S/C19H24N4O3S/c1-23(16-9-11-27(25,26)13-16)18-12-17(21-14-22-18)19(24)20-10-5-8-15-6-3-2-4-7-15/h2-4,6-7,12,14,16H,5,8-11,13H2,1H3,(H,20,24). The van der Waals surface area contributed by atoms with Gasteiger partial charge in [-0.3, -0.25) is 4.79 Å². The summed E-state index contributed by atoms with van der Waals surface area (Å²) in [5.74, 6) is 0.622. The second-order valence-electron chi connectivity index (χ2n) is 6.77. The molecule has 7 nitrogen and oxygen atoms in total. The van der Waals surface area contributed by atoms with Crippen molar-refractivity contribution in [2.24, 2.45) is 0 Å². The number of carbonyl (C=O) groups excluding carboxylic acids is 1. The lowest BCUT2D eigenvalue weighted by Crippen LogP contribution is -2.33. The van der Waals surface area contributed by atoms with Crippen molar-refractivity contribution in [3.05, 3.63) is 54.0 Å². The van der Waals surface area contributed by atoms with Gasteiger partial charge in [0.25, 0.3) is 5.91 Å². The molecule has 144 valence electrons. The SMILES string of the molecule is CN(c1cc(C(=O)NCCCc2ccccc2)ncn1)C1CCS(=O)(=O)C1. The number of hydrogen-bond donors (Lipinski definition) is 1. The molecule has 0 saturated carbocycles. The van der Waals surface area contributed by atoms with E-state index in [1.165, 1.54) is 11.9 Å². The van der Waals surface area contributed by atoms with Gasteiger partial charge in [0.2, 0.25) is 0 Å². The molecule has 0 radical (unpaired) electrons. The molecule has 2 aromatic rings. The molecule has 1 aliphatic rings. The maximum absolute atomic E-state index is 12.3. The van der Waals surface area contributed by atoms with Gasteiger partial charge in [0.1, 0.15) is 17.8 Å². The Morgan fingerprint density at radius 1 is 1.26 bits per heavy atom. The van der Waals surface area contributed by atoms with Crippen LogP contribution in [0.1, 0.15) is 28.9 Å². The van der Waals surface area contributed by atoms with Crippen LogP contribution >= 0.6 is 0 Å². The molecule has 1 amide bonds. The lowest BCUT2D eigenvalue weighted by atomic mass is 10.1. The van der Waals surface area contributed by atoms with E-state index in [1.807, 2.05) is 23.1 Å². The van der Waals surface area contributed by atoms with E-state index in [0.29, 0.717) is 18.8 Å². The van der Waals surface area contributed by atoms with Crippen LogP contribution < -0.4 is 10.2 Å². The van der Waals surface area contributed by atoms with Crippen molar-refractivity contribution in [3.63, 3.8) is 0 Å². The van der Waals surface area contributed by atoms with Gasteiger partial charge in [-0.05, 0) is 24.8 Å². The minimum Gasteiger partial charge on any atom is -0.356 e. The van der Waals surface area contributed by atoms with E-state index in [0.717, 1.165) is 12.8 Å². The van der Waals surface area contributed by atoms with Gasteiger partial charge in [-0.1, -0.05) is 30.3 Å². The van der Waals surface area contributed by atoms with Gasteiger partial charge in [0.05, 0.1) is 11.5 Å². The molecule has 1 unspecified atom stereocenters. The highest BCUT2D eigenvalue weighted by atomic mass is 32.2. The van der Waals surface area contributed by atoms with Gasteiger partial charge in [-0.15, -0.1) is 0 Å². The number of amides is 1. The summed E-state index contributed by atoms with van der Waals surface area (Å²) in [4.78, 5) is 22.4. The number of carbonyl (C=O) groups is 1. The van der Waals surface area contributed by atoms with Gasteiger partial charge in [0, 0.05) is 25.7 Å². The molecule has 1 aromatic carbocycles. The van der Waals surface area contributed by atoms with E-state index >= 15 is 0 Å². The number of anilines is 1. The quantitative estimate of drug-likeness (QED) is 0.722. The van der Waals surface area contributed by atoms with E-state index in [4.69, 9.17) is 0 Å². The first kappa shape index (κ1) is 19.3. The number of rotatable bonds is 7. The molecule has 27 heavy (non-hydrogen) atoms. The summed E-state index contributed by atoms with van der Waals surface area (Å²) in [6.07, 6.45) is 3.65. The Hall–Kier alpha value is -2.48. The summed E-state index contributed by atoms with van der Waals surface area (Å²) in [7, 11) is -1.18. The number of sulfone groups is 1. The highest BCUT2D eigenvalue weighted by Gasteiger charge is 2.31. The second kappa shape index (κ2) is 8.47. The van der Waals surface area contributed by atoms with Gasteiger partial charge in [-0.25, -0.2) is 18.4 Å². The van der Waals surface area contributed by atoms with Crippen LogP contribution in [0.2, 0.25) is 0 Å². The van der Waals surface area contributed by atoms with Crippen LogP contribution in [0.5, 0.6) is 0 Å². The first-order valence-electron chi connectivity index (χ1n) is 9.02. The fourth-order valence-corrected chi connectivity index (χ4v) is 4.94. The molecule has 1 N–H and O–H groups in total. The maximum atomic E-state index is 12.3. The molecule has 0 aliphatic carbocycles. The highest BCUT2D eigenvalue weighted by molar-refractivity contribution is 7.91. The topological polar surface area (TPSA) is 92.3 Å². The number of nitrogens with zero attached hydrogens (tertiary/aromatic N) is 3. The molecule has 1 aromatic heterocycles. The average molecular weight is 388 g/mol. The van der Waals surface area contributed by atoms with Crippen molar-refractivity contribution in [1.82, 2.24) is 15.3 Å². The Balaban J connectivity index is 1.54. The van der Waals surface area contributed by atoms with Gasteiger partial charge in [-0.2, -0.15) is 0 Å². The van der Waals surface area contributed by atoms with Crippen LogP contribution in [0.4, 0.5) is 5.82 Å². The van der Waals surface area contributed by atoms with Crippen molar-refractivity contribution in [3.8, 4) is 0 Å². The number of aryl methyl sites for hydroxylation is 1. The van der Waals surface area contributed by atoms with E-state index in [1.54, 1.807) is 13.1 Å². The molecular weight excluding hydrogens is 364 g/mol. The zero-order valence-electron chi connectivity index (χ0n) is 15.3. The van der Waals surface area contributed by atoms with Gasteiger partial charge < -0.3 is 10.2 Å². The van der Waals surface area contributed by atoms with Gasteiger partial charge in [0.15, 0.2) is 9.84 Å². The lowest BCUT2D eigenvalue weighted by Gasteiger charge is -2.24. The van der Waals surface area contributed by atoms with E-state index in [9.17, 15) is 13.2 Å². The first-order chi connectivity index (χ1) is 12.9.